The van der Waals surface area contributed by atoms with Gasteiger partial charge < -0.3 is 10.1 Å². The van der Waals surface area contributed by atoms with Gasteiger partial charge in [0, 0.05) is 11.9 Å². The van der Waals surface area contributed by atoms with Gasteiger partial charge in [0.1, 0.15) is 5.75 Å². The largest absolute Gasteiger partial charge is 0.480 e. The Morgan fingerprint density at radius 1 is 1.20 bits per heavy atom. The number of ether oxygens (including phenoxy) is 1. The van der Waals surface area contributed by atoms with Crippen molar-refractivity contribution in [2.45, 2.75) is 32.8 Å². The summed E-state index contributed by atoms with van der Waals surface area (Å²) in [5, 5.41) is 5.03. The van der Waals surface area contributed by atoms with Crippen LogP contribution >= 0.6 is 0 Å². The zero-order valence-corrected chi connectivity index (χ0v) is 12.1. The summed E-state index contributed by atoms with van der Waals surface area (Å²) in [6, 6.07) is 13.9. The van der Waals surface area contributed by atoms with Crippen LogP contribution in [0.15, 0.2) is 42.5 Å². The fourth-order valence-electron chi connectivity index (χ4n) is 2.07. The van der Waals surface area contributed by atoms with Gasteiger partial charge in [-0.3, -0.25) is 4.79 Å². The summed E-state index contributed by atoms with van der Waals surface area (Å²) in [5.41, 5.74) is 0. The number of nitrogens with one attached hydrogen (secondary N) is 1. The first-order chi connectivity index (χ1) is 9.72. The number of fused-ring (bicyclic) bond motifs is 1. The molecule has 0 bridgehead atoms. The van der Waals surface area contributed by atoms with Gasteiger partial charge in [0.2, 0.25) is 0 Å². The van der Waals surface area contributed by atoms with Crippen molar-refractivity contribution in [2.24, 2.45) is 0 Å². The molecule has 0 aliphatic heterocycles. The van der Waals surface area contributed by atoms with Crippen molar-refractivity contribution in [2.75, 3.05) is 6.54 Å². The molecule has 0 fully saturated rings. The molecule has 1 N–H and O–H groups in total. The Balaban J connectivity index is 2.06. The Morgan fingerprint density at radius 2 is 1.95 bits per heavy atom. The molecule has 2 aromatic carbocycles. The minimum absolute atomic E-state index is 0.0635. The molecular weight excluding hydrogens is 250 g/mol. The van der Waals surface area contributed by atoms with Gasteiger partial charge in [-0.05, 0) is 24.8 Å². The van der Waals surface area contributed by atoms with E-state index in [1.54, 1.807) is 6.92 Å². The molecule has 2 aromatic rings. The number of benzene rings is 2. The fourth-order valence-corrected chi connectivity index (χ4v) is 2.07. The van der Waals surface area contributed by atoms with Crippen LogP contribution in [-0.4, -0.2) is 18.6 Å². The van der Waals surface area contributed by atoms with Gasteiger partial charge in [-0.25, -0.2) is 0 Å². The van der Waals surface area contributed by atoms with Crippen molar-refractivity contribution < 1.29 is 9.53 Å². The Bertz CT molecular complexity index is 575. The lowest BCUT2D eigenvalue weighted by Crippen LogP contribution is -2.36. The van der Waals surface area contributed by atoms with Gasteiger partial charge in [-0.15, -0.1) is 0 Å². The molecule has 0 unspecified atom stereocenters. The van der Waals surface area contributed by atoms with Crippen LogP contribution in [0.1, 0.15) is 26.7 Å². The van der Waals surface area contributed by atoms with E-state index in [0.717, 1.165) is 29.4 Å². The first-order valence-electron chi connectivity index (χ1n) is 7.14. The van der Waals surface area contributed by atoms with Gasteiger partial charge in [0.15, 0.2) is 6.10 Å². The fraction of sp³-hybridized carbons (Fsp3) is 0.353. The zero-order valence-electron chi connectivity index (χ0n) is 12.1. The summed E-state index contributed by atoms with van der Waals surface area (Å²) in [6.45, 7) is 4.59. The summed E-state index contributed by atoms with van der Waals surface area (Å²) in [5.74, 6) is 0.688. The predicted octanol–water partition coefficient (Wildman–Crippen LogP) is 3.52. The number of carbonyl (C=O) groups is 1. The molecule has 0 spiro atoms. The molecule has 0 saturated heterocycles. The highest BCUT2D eigenvalue weighted by Gasteiger charge is 2.14. The van der Waals surface area contributed by atoms with Crippen molar-refractivity contribution >= 4 is 16.7 Å². The monoisotopic (exact) mass is 271 g/mol. The van der Waals surface area contributed by atoms with Gasteiger partial charge in [-0.1, -0.05) is 49.7 Å². The molecule has 3 heteroatoms. The Labute approximate surface area is 119 Å². The molecule has 20 heavy (non-hydrogen) atoms. The predicted molar refractivity (Wildman–Crippen MR) is 82.0 cm³/mol. The quantitative estimate of drug-likeness (QED) is 0.816. The van der Waals surface area contributed by atoms with Crippen LogP contribution in [0.5, 0.6) is 5.75 Å². The molecule has 3 nitrogen and oxygen atoms in total. The summed E-state index contributed by atoms with van der Waals surface area (Å²) >= 11 is 0. The van der Waals surface area contributed by atoms with Crippen molar-refractivity contribution in [3.63, 3.8) is 0 Å². The van der Waals surface area contributed by atoms with Crippen LogP contribution in [0.2, 0.25) is 0 Å². The van der Waals surface area contributed by atoms with E-state index in [0.29, 0.717) is 6.54 Å². The van der Waals surface area contributed by atoms with Crippen molar-refractivity contribution in [3.8, 4) is 5.75 Å². The standard InChI is InChI=1S/C17H21NO2/c1-3-4-12-18-17(19)13(2)20-16-11-7-9-14-8-5-6-10-15(14)16/h5-11,13H,3-4,12H2,1-2H3,(H,18,19)/t13-/m1/s1. The molecule has 2 rings (SSSR count). The third-order valence-corrected chi connectivity index (χ3v) is 3.25. The molecular formula is C17H21NO2. The smallest absolute Gasteiger partial charge is 0.260 e. The number of hydrogen-bond acceptors (Lipinski definition) is 2. The van der Waals surface area contributed by atoms with Gasteiger partial charge >= 0.3 is 0 Å². The Morgan fingerprint density at radius 3 is 2.75 bits per heavy atom. The molecule has 0 aliphatic rings. The number of rotatable bonds is 6. The second-order valence-corrected chi connectivity index (χ2v) is 4.88. The first-order valence-corrected chi connectivity index (χ1v) is 7.14. The third-order valence-electron chi connectivity index (χ3n) is 3.25. The molecule has 1 atom stereocenters. The molecule has 0 aliphatic carbocycles. The summed E-state index contributed by atoms with van der Waals surface area (Å²) in [7, 11) is 0. The van der Waals surface area contributed by atoms with E-state index in [9.17, 15) is 4.79 Å². The van der Waals surface area contributed by atoms with Crippen LogP contribution in [0.4, 0.5) is 0 Å². The highest BCUT2D eigenvalue weighted by atomic mass is 16.5. The average molecular weight is 271 g/mol. The van der Waals surface area contributed by atoms with Crippen molar-refractivity contribution in [3.05, 3.63) is 42.5 Å². The minimum atomic E-state index is -0.488. The molecule has 106 valence electrons. The molecule has 0 saturated carbocycles. The van der Waals surface area contributed by atoms with E-state index in [1.165, 1.54) is 0 Å². The summed E-state index contributed by atoms with van der Waals surface area (Å²) in [4.78, 5) is 11.9. The van der Waals surface area contributed by atoms with Gasteiger partial charge in [0.05, 0.1) is 0 Å². The molecule has 0 radical (unpaired) electrons. The lowest BCUT2D eigenvalue weighted by molar-refractivity contribution is -0.127. The number of carbonyl (C=O) groups excluding carboxylic acids is 1. The Hall–Kier alpha value is -2.03. The maximum absolute atomic E-state index is 11.9. The van der Waals surface area contributed by atoms with E-state index in [4.69, 9.17) is 4.74 Å². The van der Waals surface area contributed by atoms with Crippen LogP contribution < -0.4 is 10.1 Å². The lowest BCUT2D eigenvalue weighted by Gasteiger charge is -2.16. The molecule has 0 heterocycles. The number of hydrogen-bond donors (Lipinski definition) is 1. The summed E-state index contributed by atoms with van der Waals surface area (Å²) in [6.07, 6.45) is 1.57. The topological polar surface area (TPSA) is 38.3 Å². The van der Waals surface area contributed by atoms with Crippen LogP contribution in [0.25, 0.3) is 10.8 Å². The van der Waals surface area contributed by atoms with Gasteiger partial charge in [-0.2, -0.15) is 0 Å². The average Bonchev–Trinajstić information content (AvgIpc) is 2.47. The van der Waals surface area contributed by atoms with E-state index in [1.807, 2.05) is 42.5 Å². The van der Waals surface area contributed by atoms with E-state index in [-0.39, 0.29) is 5.91 Å². The van der Waals surface area contributed by atoms with Crippen LogP contribution in [0.3, 0.4) is 0 Å². The highest BCUT2D eigenvalue weighted by Crippen LogP contribution is 2.25. The number of unbranched alkanes of at least 4 members (excludes halogenated alkanes) is 1. The second kappa shape index (κ2) is 6.94. The second-order valence-electron chi connectivity index (χ2n) is 4.88. The zero-order chi connectivity index (χ0) is 14.4. The normalized spacial score (nSPS) is 12.1. The SMILES string of the molecule is CCCCNC(=O)[C@@H](C)Oc1cccc2ccccc12. The minimum Gasteiger partial charge on any atom is -0.480 e. The maximum Gasteiger partial charge on any atom is 0.260 e. The highest BCUT2D eigenvalue weighted by molar-refractivity contribution is 5.89. The van der Waals surface area contributed by atoms with Crippen molar-refractivity contribution in [1.29, 1.82) is 0 Å². The molecule has 0 aromatic heterocycles. The third kappa shape index (κ3) is 3.50. The maximum atomic E-state index is 11.9. The van der Waals surface area contributed by atoms with Crippen molar-refractivity contribution in [1.82, 2.24) is 5.32 Å². The number of amides is 1. The lowest BCUT2D eigenvalue weighted by atomic mass is 10.1. The molecule has 1 amide bonds. The van der Waals surface area contributed by atoms with Crippen LogP contribution in [0, 0.1) is 0 Å². The van der Waals surface area contributed by atoms with Gasteiger partial charge in [0.25, 0.3) is 5.91 Å². The Kier molecular flexibility index (Phi) is 4.99. The van der Waals surface area contributed by atoms with E-state index >= 15 is 0 Å². The van der Waals surface area contributed by atoms with E-state index < -0.39 is 6.10 Å². The van der Waals surface area contributed by atoms with Crippen LogP contribution in [-0.2, 0) is 4.79 Å². The summed E-state index contributed by atoms with van der Waals surface area (Å²) < 4.78 is 5.81. The first kappa shape index (κ1) is 14.4. The van der Waals surface area contributed by atoms with E-state index in [2.05, 4.69) is 12.2 Å².